The number of hydrogen-bond acceptors (Lipinski definition) is 5. The van der Waals surface area contributed by atoms with E-state index < -0.39 is 36.7 Å². The van der Waals surface area contributed by atoms with Gasteiger partial charge in [0.15, 0.2) is 0 Å². The molecule has 0 aliphatic rings. The first-order valence-corrected chi connectivity index (χ1v) is 16.8. The number of rotatable bonds is 27. The third-order valence-electron chi connectivity index (χ3n) is 6.72. The Morgan fingerprint density at radius 3 is 1.81 bits per heavy atom. The van der Waals surface area contributed by atoms with E-state index in [2.05, 4.69) is 13.8 Å². The highest BCUT2D eigenvalue weighted by Gasteiger charge is 2.43. The standard InChI is InChI=1S/C28H55O6PS/c1-5-8-10-12-14-15-16-18-20-23-36(32)26(21-19-17-13-11-9-6-2)25(4)33-24-28(35-31,27(29)30)34-22-7-3/h25-26H,5-24H2,1-4H3,(H,29,30). The van der Waals surface area contributed by atoms with Crippen LogP contribution in [0.4, 0.5) is 0 Å². The summed E-state index contributed by atoms with van der Waals surface area (Å²) >= 11 is 0. The van der Waals surface area contributed by atoms with Crippen molar-refractivity contribution in [3.63, 3.8) is 0 Å². The van der Waals surface area contributed by atoms with Gasteiger partial charge in [-0.3, -0.25) is 8.77 Å². The maximum Gasteiger partial charge on any atom is 0.350 e. The zero-order chi connectivity index (χ0) is 27.1. The minimum absolute atomic E-state index is 0.161. The second-order valence-electron chi connectivity index (χ2n) is 10.1. The number of carbonyl (C=O) groups is 1. The summed E-state index contributed by atoms with van der Waals surface area (Å²) in [4.78, 5) is 11.8. The zero-order valence-corrected chi connectivity index (χ0v) is 25.4. The summed E-state index contributed by atoms with van der Waals surface area (Å²) in [7, 11) is -1.68. The van der Waals surface area contributed by atoms with Crippen molar-refractivity contribution in [2.45, 2.75) is 154 Å². The van der Waals surface area contributed by atoms with Crippen LogP contribution in [0.25, 0.3) is 0 Å². The lowest BCUT2D eigenvalue weighted by Crippen LogP contribution is -2.44. The highest BCUT2D eigenvalue weighted by Crippen LogP contribution is 2.28. The molecule has 0 rings (SSSR count). The van der Waals surface area contributed by atoms with Gasteiger partial charge in [-0.2, -0.15) is 0 Å². The van der Waals surface area contributed by atoms with Gasteiger partial charge in [0.25, 0.3) is 5.34 Å². The van der Waals surface area contributed by atoms with Gasteiger partial charge >= 0.3 is 5.97 Å². The van der Waals surface area contributed by atoms with Gasteiger partial charge in [0, 0.05) is 23.2 Å². The molecule has 0 bridgehead atoms. The Morgan fingerprint density at radius 1 is 0.833 bits per heavy atom. The third-order valence-corrected chi connectivity index (χ3v) is 9.45. The second kappa shape index (κ2) is 23.7. The van der Waals surface area contributed by atoms with E-state index in [0.29, 0.717) is 12.2 Å². The largest absolute Gasteiger partial charge is 0.478 e. The molecule has 214 valence electrons. The van der Waals surface area contributed by atoms with E-state index in [0.717, 1.165) is 32.1 Å². The molecular formula is C28H55O6PS. The highest BCUT2D eigenvalue weighted by atomic mass is 32.2. The number of carboxylic acid groups (broad SMARTS) is 1. The summed E-state index contributed by atoms with van der Waals surface area (Å²) in [6.45, 7) is 8.03. The Balaban J connectivity index is 4.81. The maximum atomic E-state index is 13.3. The fraction of sp³-hybridized carbons (Fsp3) is 0.964. The summed E-state index contributed by atoms with van der Waals surface area (Å²) in [5, 5.41) is 7.56. The third kappa shape index (κ3) is 16.5. The smallest absolute Gasteiger partial charge is 0.350 e. The fourth-order valence-corrected chi connectivity index (χ4v) is 6.37. The van der Waals surface area contributed by atoms with Gasteiger partial charge in [0.05, 0.1) is 18.0 Å². The molecule has 0 aromatic heterocycles. The van der Waals surface area contributed by atoms with Gasteiger partial charge in [-0.1, -0.05) is 111 Å². The first-order chi connectivity index (χ1) is 17.4. The molecule has 0 fully saturated rings. The molecule has 0 amide bonds. The molecule has 0 aliphatic carbocycles. The summed E-state index contributed by atoms with van der Waals surface area (Å²) in [6, 6.07) is 0. The highest BCUT2D eigenvalue weighted by molar-refractivity contribution is 7.85. The summed E-state index contributed by atoms with van der Waals surface area (Å²) in [6.07, 6.45) is 19.0. The molecule has 6 nitrogen and oxygen atoms in total. The van der Waals surface area contributed by atoms with Gasteiger partial charge in [-0.05, 0) is 26.2 Å². The lowest BCUT2D eigenvalue weighted by molar-refractivity contribution is -0.162. The second-order valence-corrected chi connectivity index (χ2v) is 12.7. The minimum Gasteiger partial charge on any atom is -0.478 e. The summed E-state index contributed by atoms with van der Waals surface area (Å²) < 4.78 is 36.4. The van der Waals surface area contributed by atoms with Crippen LogP contribution in [0.15, 0.2) is 0 Å². The molecule has 0 spiro atoms. The van der Waals surface area contributed by atoms with Crippen molar-refractivity contribution in [2.24, 2.45) is 0 Å². The summed E-state index contributed by atoms with van der Waals surface area (Å²) in [5.41, 5.74) is 0. The molecule has 1 N–H and O–H groups in total. The predicted octanol–water partition coefficient (Wildman–Crippen LogP) is 8.29. The van der Waals surface area contributed by atoms with E-state index in [-0.39, 0.29) is 18.5 Å². The SMILES string of the molecule is CCCCCCCCCCCS(=O)C(CCCCCCCC)C(C)OCC(OCCC)(P=O)C(=O)O. The van der Waals surface area contributed by atoms with Crippen LogP contribution < -0.4 is 0 Å². The Hall–Kier alpha value is -0.360. The quantitative estimate of drug-likeness (QED) is 0.0817. The van der Waals surface area contributed by atoms with E-state index >= 15 is 0 Å². The molecule has 0 aromatic rings. The minimum atomic E-state index is -1.91. The van der Waals surface area contributed by atoms with Gasteiger partial charge in [-0.15, -0.1) is 0 Å². The van der Waals surface area contributed by atoms with Crippen LogP contribution in [0.5, 0.6) is 0 Å². The van der Waals surface area contributed by atoms with E-state index in [9.17, 15) is 18.7 Å². The van der Waals surface area contributed by atoms with Crippen molar-refractivity contribution in [3.8, 4) is 0 Å². The van der Waals surface area contributed by atoms with Crippen molar-refractivity contribution >= 4 is 25.2 Å². The van der Waals surface area contributed by atoms with Gasteiger partial charge in [-0.25, -0.2) is 4.79 Å². The molecule has 4 unspecified atom stereocenters. The molecule has 0 saturated carbocycles. The van der Waals surface area contributed by atoms with Gasteiger partial charge in [0.1, 0.15) is 0 Å². The average molecular weight is 551 g/mol. The van der Waals surface area contributed by atoms with Crippen molar-refractivity contribution in [1.29, 1.82) is 0 Å². The first-order valence-electron chi connectivity index (χ1n) is 14.6. The van der Waals surface area contributed by atoms with Crippen LogP contribution in [0, 0.1) is 0 Å². The van der Waals surface area contributed by atoms with Crippen LogP contribution in [0.2, 0.25) is 0 Å². The normalized spacial score (nSPS) is 16.0. The molecule has 0 aromatic carbocycles. The topological polar surface area (TPSA) is 89.9 Å². The zero-order valence-electron chi connectivity index (χ0n) is 23.6. The van der Waals surface area contributed by atoms with E-state index in [1.54, 1.807) is 0 Å². The molecule has 0 aliphatic heterocycles. The number of aliphatic carboxylic acids is 1. The van der Waals surface area contributed by atoms with E-state index in [4.69, 9.17) is 9.47 Å². The number of ether oxygens (including phenoxy) is 2. The Morgan fingerprint density at radius 2 is 1.33 bits per heavy atom. The van der Waals surface area contributed by atoms with Crippen LogP contribution in [0.1, 0.15) is 137 Å². The summed E-state index contributed by atoms with van der Waals surface area (Å²) in [5.74, 6) is -0.650. The fourth-order valence-electron chi connectivity index (χ4n) is 4.29. The number of unbranched alkanes of at least 4 members (excludes halogenated alkanes) is 13. The first kappa shape index (κ1) is 35.6. The molecule has 4 atom stereocenters. The Bertz CT molecular complexity index is 576. The predicted molar refractivity (Wildman–Crippen MR) is 152 cm³/mol. The molecule has 36 heavy (non-hydrogen) atoms. The molecule has 8 heteroatoms. The van der Waals surface area contributed by atoms with Crippen LogP contribution in [0.3, 0.4) is 0 Å². The van der Waals surface area contributed by atoms with Crippen LogP contribution in [-0.2, 0) is 29.6 Å². The van der Waals surface area contributed by atoms with E-state index in [1.807, 2.05) is 13.8 Å². The van der Waals surface area contributed by atoms with Crippen LogP contribution >= 0.6 is 8.46 Å². The van der Waals surface area contributed by atoms with Gasteiger partial charge < -0.3 is 14.6 Å². The Labute approximate surface area is 225 Å². The van der Waals surface area contributed by atoms with Crippen molar-refractivity contribution in [3.05, 3.63) is 0 Å². The lowest BCUT2D eigenvalue weighted by Gasteiger charge is -2.28. The Kier molecular flexibility index (Phi) is 23.5. The number of carboxylic acids is 1. The molecule has 0 radical (unpaired) electrons. The van der Waals surface area contributed by atoms with Crippen molar-refractivity contribution in [2.75, 3.05) is 19.0 Å². The van der Waals surface area contributed by atoms with E-state index in [1.165, 1.54) is 70.6 Å². The molecular weight excluding hydrogens is 495 g/mol. The maximum absolute atomic E-state index is 13.3. The molecule has 0 heterocycles. The monoisotopic (exact) mass is 550 g/mol. The van der Waals surface area contributed by atoms with Crippen LogP contribution in [-0.4, -0.2) is 50.9 Å². The van der Waals surface area contributed by atoms with Gasteiger partial charge in [0.2, 0.25) is 8.46 Å². The van der Waals surface area contributed by atoms with Crippen molar-refractivity contribution < 1.29 is 28.1 Å². The lowest BCUT2D eigenvalue weighted by atomic mass is 10.1. The van der Waals surface area contributed by atoms with Crippen molar-refractivity contribution in [1.82, 2.24) is 0 Å². The number of hydrogen-bond donors (Lipinski definition) is 1. The average Bonchev–Trinajstić information content (AvgIpc) is 2.87. The molecule has 0 saturated heterocycles.